The highest BCUT2D eigenvalue weighted by atomic mass is 16.3. The molecule has 88 valence electrons. The SMILES string of the molecule is Cc1cc(C)c(O)c(C=NCCN(C)C)c1. The van der Waals surface area contributed by atoms with Gasteiger partial charge in [0.1, 0.15) is 5.75 Å². The molecule has 1 aromatic carbocycles. The van der Waals surface area contributed by atoms with Gasteiger partial charge >= 0.3 is 0 Å². The molecule has 16 heavy (non-hydrogen) atoms. The molecule has 0 spiro atoms. The Morgan fingerprint density at radius 2 is 2.00 bits per heavy atom. The van der Waals surface area contributed by atoms with Gasteiger partial charge < -0.3 is 10.0 Å². The second kappa shape index (κ2) is 5.66. The Morgan fingerprint density at radius 3 is 2.62 bits per heavy atom. The zero-order chi connectivity index (χ0) is 12.1. The predicted molar refractivity (Wildman–Crippen MR) is 68.6 cm³/mol. The first-order valence-electron chi connectivity index (χ1n) is 5.45. The van der Waals surface area contributed by atoms with Gasteiger partial charge in [-0.25, -0.2) is 0 Å². The lowest BCUT2D eigenvalue weighted by Gasteiger charge is -2.07. The van der Waals surface area contributed by atoms with E-state index in [9.17, 15) is 5.11 Å². The fraction of sp³-hybridized carbons (Fsp3) is 0.462. The van der Waals surface area contributed by atoms with Crippen molar-refractivity contribution in [1.29, 1.82) is 0 Å². The Kier molecular flexibility index (Phi) is 4.50. The quantitative estimate of drug-likeness (QED) is 0.788. The van der Waals surface area contributed by atoms with Gasteiger partial charge in [-0.1, -0.05) is 6.07 Å². The molecule has 0 saturated carbocycles. The van der Waals surface area contributed by atoms with Gasteiger partial charge in [-0.3, -0.25) is 4.99 Å². The van der Waals surface area contributed by atoms with Crippen LogP contribution in [0.25, 0.3) is 0 Å². The smallest absolute Gasteiger partial charge is 0.127 e. The van der Waals surface area contributed by atoms with Crippen molar-refractivity contribution in [2.45, 2.75) is 13.8 Å². The summed E-state index contributed by atoms with van der Waals surface area (Å²) in [5.74, 6) is 0.333. The van der Waals surface area contributed by atoms with Crippen molar-refractivity contribution in [3.8, 4) is 5.75 Å². The number of aryl methyl sites for hydroxylation is 2. The van der Waals surface area contributed by atoms with Crippen molar-refractivity contribution in [3.05, 3.63) is 28.8 Å². The Hall–Kier alpha value is -1.35. The van der Waals surface area contributed by atoms with Crippen LogP contribution >= 0.6 is 0 Å². The number of rotatable bonds is 4. The maximum absolute atomic E-state index is 9.83. The molecule has 0 unspecified atom stereocenters. The minimum atomic E-state index is 0.333. The second-order valence-electron chi connectivity index (χ2n) is 4.36. The van der Waals surface area contributed by atoms with Gasteiger partial charge in [-0.15, -0.1) is 0 Å². The van der Waals surface area contributed by atoms with E-state index in [1.54, 1.807) is 6.21 Å². The van der Waals surface area contributed by atoms with Crippen LogP contribution in [-0.4, -0.2) is 43.4 Å². The van der Waals surface area contributed by atoms with Gasteiger partial charge in [-0.05, 0) is 45.1 Å². The highest BCUT2D eigenvalue weighted by Gasteiger charge is 2.02. The summed E-state index contributed by atoms with van der Waals surface area (Å²) < 4.78 is 0. The summed E-state index contributed by atoms with van der Waals surface area (Å²) in [5.41, 5.74) is 2.84. The van der Waals surface area contributed by atoms with Gasteiger partial charge in [0.25, 0.3) is 0 Å². The third kappa shape index (κ3) is 3.66. The number of aliphatic imine (C=N–C) groups is 1. The first-order chi connectivity index (χ1) is 7.50. The average molecular weight is 220 g/mol. The Morgan fingerprint density at radius 1 is 1.31 bits per heavy atom. The zero-order valence-corrected chi connectivity index (χ0v) is 10.5. The van der Waals surface area contributed by atoms with Crippen molar-refractivity contribution in [2.75, 3.05) is 27.2 Å². The fourth-order valence-electron chi connectivity index (χ4n) is 1.51. The minimum absolute atomic E-state index is 0.333. The van der Waals surface area contributed by atoms with Crippen LogP contribution in [0.1, 0.15) is 16.7 Å². The van der Waals surface area contributed by atoms with E-state index in [-0.39, 0.29) is 0 Å². The molecule has 0 radical (unpaired) electrons. The summed E-state index contributed by atoms with van der Waals surface area (Å²) >= 11 is 0. The zero-order valence-electron chi connectivity index (χ0n) is 10.5. The third-order valence-electron chi connectivity index (χ3n) is 2.38. The molecule has 3 nitrogen and oxygen atoms in total. The molecule has 0 aliphatic rings. The van der Waals surface area contributed by atoms with Crippen LogP contribution in [-0.2, 0) is 0 Å². The molecular weight excluding hydrogens is 200 g/mol. The minimum Gasteiger partial charge on any atom is -0.507 e. The number of aromatic hydroxyl groups is 1. The van der Waals surface area contributed by atoms with Crippen LogP contribution in [0.4, 0.5) is 0 Å². The summed E-state index contributed by atoms with van der Waals surface area (Å²) in [4.78, 5) is 6.38. The molecule has 0 fully saturated rings. The van der Waals surface area contributed by atoms with Crippen LogP contribution in [0.2, 0.25) is 0 Å². The number of hydrogen-bond acceptors (Lipinski definition) is 3. The maximum atomic E-state index is 9.83. The van der Waals surface area contributed by atoms with Crippen LogP contribution in [0.5, 0.6) is 5.75 Å². The van der Waals surface area contributed by atoms with Crippen LogP contribution in [0.3, 0.4) is 0 Å². The molecule has 1 N–H and O–H groups in total. The molecule has 0 atom stereocenters. The van der Waals surface area contributed by atoms with E-state index < -0.39 is 0 Å². The summed E-state index contributed by atoms with van der Waals surface area (Å²) in [5, 5.41) is 9.83. The van der Waals surface area contributed by atoms with E-state index in [0.717, 1.165) is 29.8 Å². The molecule has 0 aromatic heterocycles. The van der Waals surface area contributed by atoms with Crippen LogP contribution in [0.15, 0.2) is 17.1 Å². The predicted octanol–water partition coefficient (Wildman–Crippen LogP) is 1.99. The highest BCUT2D eigenvalue weighted by Crippen LogP contribution is 2.21. The van der Waals surface area contributed by atoms with Crippen LogP contribution < -0.4 is 0 Å². The molecule has 0 saturated heterocycles. The van der Waals surface area contributed by atoms with Crippen molar-refractivity contribution < 1.29 is 5.11 Å². The number of nitrogens with zero attached hydrogens (tertiary/aromatic N) is 2. The van der Waals surface area contributed by atoms with Gasteiger partial charge in [0.15, 0.2) is 0 Å². The molecule has 0 heterocycles. The fourth-order valence-corrected chi connectivity index (χ4v) is 1.51. The summed E-state index contributed by atoms with van der Waals surface area (Å²) in [6.07, 6.45) is 1.75. The van der Waals surface area contributed by atoms with Crippen molar-refractivity contribution >= 4 is 6.21 Å². The van der Waals surface area contributed by atoms with E-state index in [1.807, 2.05) is 40.1 Å². The molecule has 0 aliphatic heterocycles. The van der Waals surface area contributed by atoms with Crippen molar-refractivity contribution in [3.63, 3.8) is 0 Å². The molecule has 0 bridgehead atoms. The molecule has 1 rings (SSSR count). The lowest BCUT2D eigenvalue weighted by atomic mass is 10.1. The standard InChI is InChI=1S/C13H20N2O/c1-10-7-11(2)13(16)12(8-10)9-14-5-6-15(3)4/h7-9,16H,5-6H2,1-4H3. The molecular formula is C13H20N2O. The van der Waals surface area contributed by atoms with Crippen LogP contribution in [0, 0.1) is 13.8 Å². The number of benzene rings is 1. The lowest BCUT2D eigenvalue weighted by Crippen LogP contribution is -2.15. The van der Waals surface area contributed by atoms with Gasteiger partial charge in [-0.2, -0.15) is 0 Å². The van der Waals surface area contributed by atoms with Crippen molar-refractivity contribution in [1.82, 2.24) is 4.90 Å². The van der Waals surface area contributed by atoms with E-state index in [4.69, 9.17) is 0 Å². The normalized spacial score (nSPS) is 11.6. The lowest BCUT2D eigenvalue weighted by molar-refractivity contribution is 0.421. The molecule has 3 heteroatoms. The first kappa shape index (κ1) is 12.7. The number of phenols is 1. The van der Waals surface area contributed by atoms with Gasteiger partial charge in [0.2, 0.25) is 0 Å². The van der Waals surface area contributed by atoms with E-state index in [0.29, 0.717) is 5.75 Å². The highest BCUT2D eigenvalue weighted by molar-refractivity contribution is 5.84. The van der Waals surface area contributed by atoms with Gasteiger partial charge in [0, 0.05) is 18.3 Å². The second-order valence-corrected chi connectivity index (χ2v) is 4.36. The van der Waals surface area contributed by atoms with E-state index in [1.165, 1.54) is 0 Å². The number of likely N-dealkylation sites (N-methyl/N-ethyl adjacent to an activating group) is 1. The average Bonchev–Trinajstić information content (AvgIpc) is 2.19. The summed E-state index contributed by atoms with van der Waals surface area (Å²) in [6, 6.07) is 3.91. The topological polar surface area (TPSA) is 35.8 Å². The largest absolute Gasteiger partial charge is 0.507 e. The third-order valence-corrected chi connectivity index (χ3v) is 2.38. The monoisotopic (exact) mass is 220 g/mol. The summed E-state index contributed by atoms with van der Waals surface area (Å²) in [7, 11) is 4.04. The Balaban J connectivity index is 2.73. The van der Waals surface area contributed by atoms with Crippen molar-refractivity contribution in [2.24, 2.45) is 4.99 Å². The number of phenolic OH excluding ortho intramolecular Hbond substituents is 1. The van der Waals surface area contributed by atoms with E-state index in [2.05, 4.69) is 9.89 Å². The van der Waals surface area contributed by atoms with Gasteiger partial charge in [0.05, 0.1) is 6.54 Å². The molecule has 0 amide bonds. The molecule has 0 aliphatic carbocycles. The number of hydrogen-bond donors (Lipinski definition) is 1. The molecule has 1 aromatic rings. The maximum Gasteiger partial charge on any atom is 0.127 e. The first-order valence-corrected chi connectivity index (χ1v) is 5.45. The van der Waals surface area contributed by atoms with E-state index >= 15 is 0 Å². The Bertz CT molecular complexity index is 384. The summed E-state index contributed by atoms with van der Waals surface area (Å²) in [6.45, 7) is 5.59. The Labute approximate surface area is 97.4 Å².